The van der Waals surface area contributed by atoms with Crippen LogP contribution in [0.2, 0.25) is 0 Å². The lowest BCUT2D eigenvalue weighted by Crippen LogP contribution is -3.17. The second-order valence-electron chi connectivity index (χ2n) is 5.04. The zero-order valence-electron chi connectivity index (χ0n) is 10.7. The minimum Gasteiger partial charge on any atom is -0.325 e. The quantitative estimate of drug-likeness (QED) is 0.792. The highest BCUT2D eigenvalue weighted by Crippen LogP contribution is 2.10. The van der Waals surface area contributed by atoms with Crippen LogP contribution < -0.4 is 10.2 Å². The fourth-order valence-electron chi connectivity index (χ4n) is 2.46. The van der Waals surface area contributed by atoms with Gasteiger partial charge >= 0.3 is 0 Å². The van der Waals surface area contributed by atoms with E-state index in [4.69, 9.17) is 0 Å². The van der Waals surface area contributed by atoms with Crippen molar-refractivity contribution in [2.75, 3.05) is 18.4 Å². The molecular formula is C14H20IN2O+. The molecule has 1 aliphatic heterocycles. The number of carbonyl (C=O) groups excluding carboxylic acids is 1. The molecule has 1 heterocycles. The summed E-state index contributed by atoms with van der Waals surface area (Å²) in [4.78, 5) is 13.4. The number of quaternary nitrogens is 1. The average molecular weight is 359 g/mol. The molecule has 2 rings (SSSR count). The van der Waals surface area contributed by atoms with E-state index in [0.29, 0.717) is 12.6 Å². The third-order valence-corrected chi connectivity index (χ3v) is 4.32. The van der Waals surface area contributed by atoms with Crippen LogP contribution in [0.1, 0.15) is 26.2 Å². The Morgan fingerprint density at radius 2 is 2.11 bits per heavy atom. The molecule has 98 valence electrons. The van der Waals surface area contributed by atoms with E-state index in [0.717, 1.165) is 12.2 Å². The maximum atomic E-state index is 12.0. The van der Waals surface area contributed by atoms with E-state index < -0.39 is 0 Å². The molecule has 2 N–H and O–H groups in total. The van der Waals surface area contributed by atoms with E-state index in [-0.39, 0.29) is 5.91 Å². The number of hydrogen-bond acceptors (Lipinski definition) is 1. The Balaban J connectivity index is 1.86. The second-order valence-corrected chi connectivity index (χ2v) is 6.28. The Morgan fingerprint density at radius 1 is 1.39 bits per heavy atom. The SMILES string of the molecule is C[C@H]1CCCC[NH+]1CC(=O)Nc1ccc(I)cc1. The minimum absolute atomic E-state index is 0.125. The van der Waals surface area contributed by atoms with Crippen molar-refractivity contribution < 1.29 is 9.69 Å². The Kier molecular flexibility index (Phi) is 5.00. The lowest BCUT2D eigenvalue weighted by atomic mass is 10.0. The molecule has 4 heteroatoms. The number of hydrogen-bond donors (Lipinski definition) is 2. The van der Waals surface area contributed by atoms with Crippen molar-refractivity contribution in [2.45, 2.75) is 32.2 Å². The van der Waals surface area contributed by atoms with Gasteiger partial charge in [0.2, 0.25) is 0 Å². The van der Waals surface area contributed by atoms with Crippen LogP contribution in [0.3, 0.4) is 0 Å². The van der Waals surface area contributed by atoms with E-state index >= 15 is 0 Å². The maximum absolute atomic E-state index is 12.0. The van der Waals surface area contributed by atoms with Crippen molar-refractivity contribution in [2.24, 2.45) is 0 Å². The molecule has 3 nitrogen and oxygen atoms in total. The van der Waals surface area contributed by atoms with Gasteiger partial charge in [0.15, 0.2) is 6.54 Å². The molecule has 0 aromatic heterocycles. The fraction of sp³-hybridized carbons (Fsp3) is 0.500. The normalized spacial score (nSPS) is 23.7. The van der Waals surface area contributed by atoms with Crippen LogP contribution in [0.4, 0.5) is 5.69 Å². The van der Waals surface area contributed by atoms with Gasteiger partial charge in [-0.15, -0.1) is 0 Å². The Bertz CT molecular complexity index is 405. The summed E-state index contributed by atoms with van der Waals surface area (Å²) in [6.45, 7) is 3.96. The molecule has 1 aliphatic rings. The molecule has 2 atom stereocenters. The van der Waals surface area contributed by atoms with Gasteiger partial charge in [0, 0.05) is 9.26 Å². The zero-order chi connectivity index (χ0) is 13.0. The van der Waals surface area contributed by atoms with Gasteiger partial charge in [0.1, 0.15) is 0 Å². The Morgan fingerprint density at radius 3 is 2.78 bits per heavy atom. The third kappa shape index (κ3) is 3.95. The number of rotatable bonds is 3. The maximum Gasteiger partial charge on any atom is 0.279 e. The average Bonchev–Trinajstić information content (AvgIpc) is 2.35. The predicted molar refractivity (Wildman–Crippen MR) is 81.8 cm³/mol. The van der Waals surface area contributed by atoms with Gasteiger partial charge in [0.05, 0.1) is 12.6 Å². The van der Waals surface area contributed by atoms with Crippen LogP contribution in [-0.2, 0) is 4.79 Å². The molecule has 1 fully saturated rings. The molecule has 0 spiro atoms. The molecule has 0 radical (unpaired) electrons. The lowest BCUT2D eigenvalue weighted by molar-refractivity contribution is -0.920. The highest BCUT2D eigenvalue weighted by Gasteiger charge is 2.23. The van der Waals surface area contributed by atoms with Gasteiger partial charge in [-0.05, 0) is 73.0 Å². The fourth-order valence-corrected chi connectivity index (χ4v) is 2.82. The van der Waals surface area contributed by atoms with Crippen LogP contribution in [0.15, 0.2) is 24.3 Å². The predicted octanol–water partition coefficient (Wildman–Crippen LogP) is 1.69. The first-order valence-corrected chi connectivity index (χ1v) is 7.63. The summed E-state index contributed by atoms with van der Waals surface area (Å²) in [5.41, 5.74) is 0.893. The molecule has 0 saturated carbocycles. The van der Waals surface area contributed by atoms with Crippen molar-refractivity contribution in [3.05, 3.63) is 27.8 Å². The van der Waals surface area contributed by atoms with E-state index in [1.807, 2.05) is 24.3 Å². The monoisotopic (exact) mass is 359 g/mol. The molecule has 1 aromatic rings. The first-order valence-electron chi connectivity index (χ1n) is 6.55. The van der Waals surface area contributed by atoms with Crippen LogP contribution in [0.25, 0.3) is 0 Å². The van der Waals surface area contributed by atoms with Crippen molar-refractivity contribution in [3.63, 3.8) is 0 Å². The van der Waals surface area contributed by atoms with Crippen molar-refractivity contribution in [1.29, 1.82) is 0 Å². The van der Waals surface area contributed by atoms with Gasteiger partial charge in [-0.3, -0.25) is 4.79 Å². The molecule has 1 aromatic carbocycles. The summed E-state index contributed by atoms with van der Waals surface area (Å²) in [5.74, 6) is 0.125. The summed E-state index contributed by atoms with van der Waals surface area (Å²) in [6, 6.07) is 8.53. The number of halogens is 1. The van der Waals surface area contributed by atoms with Gasteiger partial charge in [-0.2, -0.15) is 0 Å². The highest BCUT2D eigenvalue weighted by molar-refractivity contribution is 14.1. The summed E-state index contributed by atoms with van der Waals surface area (Å²) < 4.78 is 1.18. The first kappa shape index (κ1) is 13.8. The summed E-state index contributed by atoms with van der Waals surface area (Å²) >= 11 is 2.26. The van der Waals surface area contributed by atoms with E-state index in [9.17, 15) is 4.79 Å². The number of anilines is 1. The Hall–Kier alpha value is -0.620. The van der Waals surface area contributed by atoms with Crippen LogP contribution in [0.5, 0.6) is 0 Å². The van der Waals surface area contributed by atoms with Crippen molar-refractivity contribution in [1.82, 2.24) is 0 Å². The lowest BCUT2D eigenvalue weighted by Gasteiger charge is -2.29. The summed E-state index contributed by atoms with van der Waals surface area (Å²) in [7, 11) is 0. The van der Waals surface area contributed by atoms with E-state index in [1.54, 1.807) is 0 Å². The van der Waals surface area contributed by atoms with Crippen LogP contribution in [-0.4, -0.2) is 25.0 Å². The number of nitrogens with one attached hydrogen (secondary N) is 2. The van der Waals surface area contributed by atoms with Crippen molar-refractivity contribution in [3.8, 4) is 0 Å². The topological polar surface area (TPSA) is 33.5 Å². The molecule has 0 bridgehead atoms. The summed E-state index contributed by atoms with van der Waals surface area (Å²) in [5, 5.41) is 2.97. The van der Waals surface area contributed by atoms with E-state index in [1.165, 1.54) is 27.7 Å². The largest absolute Gasteiger partial charge is 0.325 e. The molecule has 1 unspecified atom stereocenters. The molecule has 0 aliphatic carbocycles. The number of carbonyl (C=O) groups is 1. The van der Waals surface area contributed by atoms with Gasteiger partial charge in [-0.1, -0.05) is 0 Å². The van der Waals surface area contributed by atoms with Crippen LogP contribution >= 0.6 is 22.6 Å². The molecule has 1 amide bonds. The number of piperidine rings is 1. The smallest absolute Gasteiger partial charge is 0.279 e. The number of amides is 1. The van der Waals surface area contributed by atoms with Gasteiger partial charge < -0.3 is 10.2 Å². The summed E-state index contributed by atoms with van der Waals surface area (Å²) in [6.07, 6.45) is 3.80. The highest BCUT2D eigenvalue weighted by atomic mass is 127. The number of likely N-dealkylation sites (tertiary alicyclic amines) is 1. The van der Waals surface area contributed by atoms with Crippen molar-refractivity contribution >= 4 is 34.2 Å². The minimum atomic E-state index is 0.125. The second kappa shape index (κ2) is 6.52. The first-order chi connectivity index (χ1) is 8.65. The van der Waals surface area contributed by atoms with Gasteiger partial charge in [-0.25, -0.2) is 0 Å². The Labute approximate surface area is 122 Å². The van der Waals surface area contributed by atoms with E-state index in [2.05, 4.69) is 34.8 Å². The number of benzene rings is 1. The molecule has 1 saturated heterocycles. The standard InChI is InChI=1S/C14H19IN2O/c1-11-4-2-3-9-17(11)10-14(18)16-13-7-5-12(15)6-8-13/h5-8,11H,2-4,9-10H2,1H3,(H,16,18)/p+1/t11-/m0/s1. The molecular weight excluding hydrogens is 339 g/mol. The molecule has 18 heavy (non-hydrogen) atoms. The zero-order valence-corrected chi connectivity index (χ0v) is 12.9. The van der Waals surface area contributed by atoms with Crippen LogP contribution in [0, 0.1) is 3.57 Å². The van der Waals surface area contributed by atoms with Gasteiger partial charge in [0.25, 0.3) is 5.91 Å². The third-order valence-electron chi connectivity index (χ3n) is 3.60.